The molecular formula is C18H23N. The predicted octanol–water partition coefficient (Wildman–Crippen LogP) is 4.84. The summed E-state index contributed by atoms with van der Waals surface area (Å²) in [6.07, 6.45) is 3.21. The van der Waals surface area contributed by atoms with Crippen LogP contribution in [0.15, 0.2) is 17.7 Å². The first-order chi connectivity index (χ1) is 8.63. The topological polar surface area (TPSA) is 23.8 Å². The number of hydrogen-bond acceptors (Lipinski definition) is 1. The first-order valence-corrected chi connectivity index (χ1v) is 6.91. The van der Waals surface area contributed by atoms with Crippen molar-refractivity contribution in [2.75, 3.05) is 0 Å². The Bertz CT molecular complexity index is 584. The third kappa shape index (κ3) is 2.59. The normalized spacial score (nSPS) is 14.9. The summed E-state index contributed by atoms with van der Waals surface area (Å²) in [4.78, 5) is 0. The van der Waals surface area contributed by atoms with Crippen molar-refractivity contribution in [3.63, 3.8) is 0 Å². The summed E-state index contributed by atoms with van der Waals surface area (Å²) in [5.41, 5.74) is 6.22. The molecule has 0 amide bonds. The summed E-state index contributed by atoms with van der Waals surface area (Å²) in [7, 11) is 0. The lowest BCUT2D eigenvalue weighted by Crippen LogP contribution is -2.12. The summed E-state index contributed by atoms with van der Waals surface area (Å²) in [5.74, 6) is 0. The number of rotatable bonds is 0. The zero-order valence-electron chi connectivity index (χ0n) is 12.9. The van der Waals surface area contributed by atoms with E-state index in [0.29, 0.717) is 0 Å². The monoisotopic (exact) mass is 253 g/mol. The van der Waals surface area contributed by atoms with Gasteiger partial charge in [-0.2, -0.15) is 5.26 Å². The highest BCUT2D eigenvalue weighted by Gasteiger charge is 2.26. The molecule has 0 aromatic heterocycles. The molecule has 1 aromatic carbocycles. The molecule has 0 saturated heterocycles. The maximum Gasteiger partial charge on any atom is 0.0994 e. The van der Waals surface area contributed by atoms with Crippen LogP contribution < -0.4 is 0 Å². The van der Waals surface area contributed by atoms with Crippen LogP contribution in [0.1, 0.15) is 63.8 Å². The molecule has 1 heteroatoms. The Balaban J connectivity index is 2.57. The van der Waals surface area contributed by atoms with E-state index in [1.165, 1.54) is 22.3 Å². The SMILES string of the molecule is CC(C)(C)C1=Cc2cc(C(C)(C)C)cc(C#N)c2C1. The summed E-state index contributed by atoms with van der Waals surface area (Å²) < 4.78 is 0. The third-order valence-electron chi connectivity index (χ3n) is 3.93. The number of nitriles is 1. The van der Waals surface area contributed by atoms with Gasteiger partial charge in [0.2, 0.25) is 0 Å². The summed E-state index contributed by atoms with van der Waals surface area (Å²) in [5, 5.41) is 9.41. The van der Waals surface area contributed by atoms with Crippen LogP contribution in [0.25, 0.3) is 6.08 Å². The smallest absolute Gasteiger partial charge is 0.0994 e. The summed E-state index contributed by atoms with van der Waals surface area (Å²) in [6, 6.07) is 6.71. The number of benzene rings is 1. The minimum absolute atomic E-state index is 0.0823. The lowest BCUT2D eigenvalue weighted by molar-refractivity contribution is 0.498. The van der Waals surface area contributed by atoms with E-state index in [1.54, 1.807) is 0 Å². The molecular weight excluding hydrogens is 230 g/mol. The minimum Gasteiger partial charge on any atom is -0.192 e. The average molecular weight is 253 g/mol. The van der Waals surface area contributed by atoms with Crippen LogP contribution in [0.4, 0.5) is 0 Å². The molecule has 2 rings (SSSR count). The molecule has 0 aliphatic heterocycles. The number of allylic oxidation sites excluding steroid dienone is 1. The van der Waals surface area contributed by atoms with Gasteiger partial charge in [0.05, 0.1) is 11.6 Å². The van der Waals surface area contributed by atoms with Crippen LogP contribution in [-0.4, -0.2) is 0 Å². The highest BCUT2D eigenvalue weighted by atomic mass is 14.3. The molecule has 0 unspecified atom stereocenters. The van der Waals surface area contributed by atoms with Crippen molar-refractivity contribution in [3.8, 4) is 6.07 Å². The van der Waals surface area contributed by atoms with Gasteiger partial charge in [-0.15, -0.1) is 0 Å². The molecule has 0 heterocycles. The molecule has 0 radical (unpaired) electrons. The van der Waals surface area contributed by atoms with E-state index in [-0.39, 0.29) is 10.8 Å². The van der Waals surface area contributed by atoms with Crippen molar-refractivity contribution in [2.24, 2.45) is 5.41 Å². The number of hydrogen-bond donors (Lipinski definition) is 0. The van der Waals surface area contributed by atoms with Gasteiger partial charge in [0, 0.05) is 0 Å². The Kier molecular flexibility index (Phi) is 3.09. The molecule has 0 bridgehead atoms. The fourth-order valence-electron chi connectivity index (χ4n) is 2.46. The molecule has 100 valence electrons. The minimum atomic E-state index is 0.0823. The van der Waals surface area contributed by atoms with E-state index >= 15 is 0 Å². The standard InChI is InChI=1S/C18H23N/c1-17(2,3)14-7-12-8-15(18(4,5)6)10-16(12)13(9-14)11-19/h7-9H,10H2,1-6H3. The Morgan fingerprint density at radius 3 is 2.11 bits per heavy atom. The van der Waals surface area contributed by atoms with E-state index in [4.69, 9.17) is 0 Å². The summed E-state index contributed by atoms with van der Waals surface area (Å²) >= 11 is 0. The van der Waals surface area contributed by atoms with Gasteiger partial charge >= 0.3 is 0 Å². The van der Waals surface area contributed by atoms with Gasteiger partial charge in [-0.3, -0.25) is 0 Å². The van der Waals surface area contributed by atoms with Gasteiger partial charge in [-0.05, 0) is 40.0 Å². The molecule has 1 nitrogen and oxygen atoms in total. The lowest BCUT2D eigenvalue weighted by atomic mass is 9.83. The van der Waals surface area contributed by atoms with Gasteiger partial charge in [0.1, 0.15) is 0 Å². The number of nitrogens with zero attached hydrogens (tertiary/aromatic N) is 1. The van der Waals surface area contributed by atoms with E-state index in [9.17, 15) is 5.26 Å². The zero-order chi connectivity index (χ0) is 14.4. The van der Waals surface area contributed by atoms with Crippen LogP contribution in [0.5, 0.6) is 0 Å². The first kappa shape index (κ1) is 13.9. The Labute approximate surface area is 117 Å². The molecule has 1 aliphatic rings. The van der Waals surface area contributed by atoms with Gasteiger partial charge < -0.3 is 0 Å². The molecule has 1 aromatic rings. The van der Waals surface area contributed by atoms with Gasteiger partial charge in [-0.1, -0.05) is 59.3 Å². The Morgan fingerprint density at radius 2 is 1.63 bits per heavy atom. The molecule has 0 N–H and O–H groups in total. The molecule has 0 saturated carbocycles. The van der Waals surface area contributed by atoms with Crippen molar-refractivity contribution < 1.29 is 0 Å². The van der Waals surface area contributed by atoms with E-state index in [2.05, 4.69) is 65.8 Å². The third-order valence-corrected chi connectivity index (χ3v) is 3.93. The van der Waals surface area contributed by atoms with E-state index < -0.39 is 0 Å². The molecule has 0 spiro atoms. The van der Waals surface area contributed by atoms with Gasteiger partial charge in [0.15, 0.2) is 0 Å². The van der Waals surface area contributed by atoms with Crippen LogP contribution >= 0.6 is 0 Å². The van der Waals surface area contributed by atoms with Crippen molar-refractivity contribution in [3.05, 3.63) is 40.0 Å². The summed E-state index contributed by atoms with van der Waals surface area (Å²) in [6.45, 7) is 13.3. The van der Waals surface area contributed by atoms with Crippen molar-refractivity contribution >= 4 is 6.08 Å². The Hall–Kier alpha value is -1.55. The van der Waals surface area contributed by atoms with Crippen LogP contribution in [0.3, 0.4) is 0 Å². The van der Waals surface area contributed by atoms with Crippen LogP contribution in [-0.2, 0) is 11.8 Å². The predicted molar refractivity (Wildman–Crippen MR) is 81.0 cm³/mol. The van der Waals surface area contributed by atoms with E-state index in [0.717, 1.165) is 12.0 Å². The highest BCUT2D eigenvalue weighted by molar-refractivity contribution is 5.69. The second-order valence-corrected chi connectivity index (χ2v) is 7.55. The average Bonchev–Trinajstić information content (AvgIpc) is 2.69. The molecule has 0 fully saturated rings. The second kappa shape index (κ2) is 4.23. The fourth-order valence-corrected chi connectivity index (χ4v) is 2.46. The van der Waals surface area contributed by atoms with Crippen molar-refractivity contribution in [1.82, 2.24) is 0 Å². The highest BCUT2D eigenvalue weighted by Crippen LogP contribution is 2.39. The zero-order valence-corrected chi connectivity index (χ0v) is 12.9. The fraction of sp³-hybridized carbons (Fsp3) is 0.500. The second-order valence-electron chi connectivity index (χ2n) is 7.55. The van der Waals surface area contributed by atoms with Crippen LogP contribution in [0.2, 0.25) is 0 Å². The Morgan fingerprint density at radius 1 is 1.00 bits per heavy atom. The lowest BCUT2D eigenvalue weighted by Gasteiger charge is -2.21. The molecule has 0 atom stereocenters. The van der Waals surface area contributed by atoms with Gasteiger partial charge in [0.25, 0.3) is 0 Å². The van der Waals surface area contributed by atoms with Crippen LogP contribution in [0, 0.1) is 16.7 Å². The molecule has 1 aliphatic carbocycles. The van der Waals surface area contributed by atoms with Crippen molar-refractivity contribution in [2.45, 2.75) is 53.4 Å². The van der Waals surface area contributed by atoms with Gasteiger partial charge in [-0.25, -0.2) is 0 Å². The maximum atomic E-state index is 9.41. The van der Waals surface area contributed by atoms with Crippen molar-refractivity contribution in [1.29, 1.82) is 5.26 Å². The maximum absolute atomic E-state index is 9.41. The number of fused-ring (bicyclic) bond motifs is 1. The van der Waals surface area contributed by atoms with E-state index in [1.807, 2.05) is 0 Å². The largest absolute Gasteiger partial charge is 0.192 e. The first-order valence-electron chi connectivity index (χ1n) is 6.91. The molecule has 19 heavy (non-hydrogen) atoms. The quantitative estimate of drug-likeness (QED) is 0.649.